The quantitative estimate of drug-likeness (QED) is 0.166. The van der Waals surface area contributed by atoms with E-state index in [2.05, 4.69) is 25.9 Å². The minimum Gasteiger partial charge on any atom is -0.505 e. The maximum atomic E-state index is 13.4. The summed E-state index contributed by atoms with van der Waals surface area (Å²) in [6.07, 6.45) is 1.72. The first kappa shape index (κ1) is 23.9. The van der Waals surface area contributed by atoms with E-state index in [-0.39, 0.29) is 21.3 Å². The molecule has 5 rings (SSSR count). The Labute approximate surface area is 217 Å². The van der Waals surface area contributed by atoms with Crippen molar-refractivity contribution in [3.05, 3.63) is 86.2 Å². The highest BCUT2D eigenvalue weighted by Crippen LogP contribution is 2.44. The third-order valence-corrected chi connectivity index (χ3v) is 7.59. The molecule has 9 nitrogen and oxygen atoms in total. The Balaban J connectivity index is 1.76. The number of esters is 1. The van der Waals surface area contributed by atoms with Gasteiger partial charge in [-0.1, -0.05) is 45.5 Å². The number of imidazole rings is 1. The third kappa shape index (κ3) is 3.71. The topological polar surface area (TPSA) is 114 Å². The van der Waals surface area contributed by atoms with Crippen LogP contribution in [0.4, 0.5) is 5.13 Å². The van der Waals surface area contributed by atoms with E-state index >= 15 is 0 Å². The van der Waals surface area contributed by atoms with Gasteiger partial charge in [0.1, 0.15) is 16.2 Å². The van der Waals surface area contributed by atoms with Crippen LogP contribution in [0.5, 0.6) is 0 Å². The van der Waals surface area contributed by atoms with E-state index in [0.717, 1.165) is 15.8 Å². The molecule has 3 aromatic heterocycles. The number of methoxy groups -OCH3 is 1. The van der Waals surface area contributed by atoms with E-state index in [0.29, 0.717) is 28.3 Å². The summed E-state index contributed by atoms with van der Waals surface area (Å²) in [4.78, 5) is 49.4. The molecule has 1 amide bonds. The number of ether oxygens (including phenoxy) is 1. The second-order valence-electron chi connectivity index (χ2n) is 8.10. The van der Waals surface area contributed by atoms with Crippen LogP contribution in [0.1, 0.15) is 38.4 Å². The fraction of sp³-hybridized carbons (Fsp3) is 0.160. The number of anilines is 1. The Kier molecular flexibility index (Phi) is 5.97. The van der Waals surface area contributed by atoms with Crippen LogP contribution >= 0.6 is 27.3 Å². The second-order valence-corrected chi connectivity index (χ2v) is 9.99. The second kappa shape index (κ2) is 8.99. The number of aromatic nitrogens is 3. The van der Waals surface area contributed by atoms with Crippen molar-refractivity contribution in [3.63, 3.8) is 0 Å². The Bertz CT molecular complexity index is 1590. The first-order valence-corrected chi connectivity index (χ1v) is 12.4. The van der Waals surface area contributed by atoms with Crippen molar-refractivity contribution < 1.29 is 24.2 Å². The van der Waals surface area contributed by atoms with Crippen LogP contribution in [0.3, 0.4) is 0 Å². The van der Waals surface area contributed by atoms with Gasteiger partial charge in [-0.25, -0.2) is 14.8 Å². The summed E-state index contributed by atoms with van der Waals surface area (Å²) in [5, 5.41) is 11.7. The molecule has 0 saturated carbocycles. The zero-order chi connectivity index (χ0) is 25.7. The van der Waals surface area contributed by atoms with Gasteiger partial charge in [0, 0.05) is 10.7 Å². The normalized spacial score (nSPS) is 17.2. The van der Waals surface area contributed by atoms with Gasteiger partial charge in [0.05, 0.1) is 30.1 Å². The van der Waals surface area contributed by atoms with Gasteiger partial charge in [-0.05, 0) is 43.7 Å². The molecule has 1 aliphatic heterocycles. The summed E-state index contributed by atoms with van der Waals surface area (Å²) in [6, 6.07) is 11.5. The summed E-state index contributed by atoms with van der Waals surface area (Å²) in [7, 11) is 1.26. The van der Waals surface area contributed by atoms with Gasteiger partial charge in [0.2, 0.25) is 0 Å². The predicted octanol–water partition coefficient (Wildman–Crippen LogP) is 4.58. The minimum absolute atomic E-state index is 0.0939. The van der Waals surface area contributed by atoms with Crippen molar-refractivity contribution in [1.29, 1.82) is 0 Å². The standard InChI is InChI=1S/C25H19BrN4O5S/c1-12-18(29-11-5-4-6-16(29)27-12)20(31)17-19(14-7-9-15(26)10-8-14)30(23(33)21(17)32)25-28-13(2)22(36-25)24(34)35-3/h4-11,19,31H,1-3H3/b20-17+. The van der Waals surface area contributed by atoms with E-state index in [1.165, 1.54) is 12.0 Å². The number of fused-ring (bicyclic) bond motifs is 1. The first-order valence-electron chi connectivity index (χ1n) is 10.8. The number of aliphatic hydroxyl groups is 1. The van der Waals surface area contributed by atoms with Crippen LogP contribution in [-0.4, -0.2) is 44.2 Å². The van der Waals surface area contributed by atoms with Crippen LogP contribution in [-0.2, 0) is 14.3 Å². The van der Waals surface area contributed by atoms with Crippen molar-refractivity contribution in [2.24, 2.45) is 0 Å². The fourth-order valence-corrected chi connectivity index (χ4v) is 5.56. The SMILES string of the molecule is COC(=O)c1sc(N2C(=O)C(=O)/C(=C(/O)c3c(C)nc4ccccn34)C2c2ccc(Br)cc2)nc1C. The van der Waals surface area contributed by atoms with Crippen LogP contribution in [0.15, 0.2) is 58.7 Å². The molecule has 1 aromatic carbocycles. The smallest absolute Gasteiger partial charge is 0.350 e. The van der Waals surface area contributed by atoms with Gasteiger partial charge in [0.25, 0.3) is 5.78 Å². The Hall–Kier alpha value is -3.83. The van der Waals surface area contributed by atoms with E-state index < -0.39 is 23.7 Å². The molecule has 36 heavy (non-hydrogen) atoms. The first-order chi connectivity index (χ1) is 17.2. The van der Waals surface area contributed by atoms with Gasteiger partial charge in [-0.2, -0.15) is 0 Å². The molecule has 0 radical (unpaired) electrons. The number of Topliss-reactive ketones (excluding diaryl/α,β-unsaturated/α-hetero) is 1. The zero-order valence-corrected chi connectivity index (χ0v) is 21.8. The lowest BCUT2D eigenvalue weighted by Gasteiger charge is -2.23. The monoisotopic (exact) mass is 566 g/mol. The van der Waals surface area contributed by atoms with Gasteiger partial charge in [0.15, 0.2) is 10.9 Å². The van der Waals surface area contributed by atoms with E-state index in [1.807, 2.05) is 6.07 Å². The summed E-state index contributed by atoms with van der Waals surface area (Å²) in [5.74, 6) is -2.66. The summed E-state index contributed by atoms with van der Waals surface area (Å²) in [5.41, 5.74) is 2.26. The molecule has 0 spiro atoms. The lowest BCUT2D eigenvalue weighted by molar-refractivity contribution is -0.132. The number of pyridine rings is 1. The Morgan fingerprint density at radius 3 is 2.50 bits per heavy atom. The molecule has 4 aromatic rings. The molecular formula is C25H19BrN4O5S. The van der Waals surface area contributed by atoms with Crippen LogP contribution in [0.25, 0.3) is 11.4 Å². The molecule has 1 saturated heterocycles. The number of halogens is 1. The maximum Gasteiger partial charge on any atom is 0.350 e. The summed E-state index contributed by atoms with van der Waals surface area (Å²) >= 11 is 4.35. The molecule has 1 aliphatic rings. The number of ketones is 1. The maximum absolute atomic E-state index is 13.4. The van der Waals surface area contributed by atoms with Gasteiger partial charge >= 0.3 is 11.9 Å². The van der Waals surface area contributed by atoms with Gasteiger partial charge in [-0.3, -0.25) is 18.9 Å². The van der Waals surface area contributed by atoms with Gasteiger partial charge < -0.3 is 9.84 Å². The van der Waals surface area contributed by atoms with Crippen LogP contribution < -0.4 is 4.90 Å². The third-order valence-electron chi connectivity index (χ3n) is 5.92. The highest BCUT2D eigenvalue weighted by Gasteiger charge is 2.49. The number of nitrogens with zero attached hydrogens (tertiary/aromatic N) is 4. The van der Waals surface area contributed by atoms with Crippen molar-refractivity contribution in [3.8, 4) is 0 Å². The van der Waals surface area contributed by atoms with Crippen LogP contribution in [0.2, 0.25) is 0 Å². The van der Waals surface area contributed by atoms with Crippen molar-refractivity contribution in [2.75, 3.05) is 12.0 Å². The minimum atomic E-state index is -0.984. The van der Waals surface area contributed by atoms with E-state index in [1.54, 1.807) is 60.8 Å². The highest BCUT2D eigenvalue weighted by molar-refractivity contribution is 9.10. The molecule has 0 aliphatic carbocycles. The van der Waals surface area contributed by atoms with E-state index in [4.69, 9.17) is 4.74 Å². The molecular weight excluding hydrogens is 548 g/mol. The number of rotatable bonds is 4. The number of hydrogen-bond acceptors (Lipinski definition) is 8. The molecule has 11 heteroatoms. The number of amides is 1. The van der Waals surface area contributed by atoms with Crippen molar-refractivity contribution >= 4 is 61.5 Å². The molecule has 182 valence electrons. The Morgan fingerprint density at radius 2 is 1.81 bits per heavy atom. The lowest BCUT2D eigenvalue weighted by Crippen LogP contribution is -2.29. The lowest BCUT2D eigenvalue weighted by atomic mass is 9.96. The number of benzene rings is 1. The number of carbonyl (C=O) groups is 3. The molecule has 0 bridgehead atoms. The number of aliphatic hydroxyl groups excluding tert-OH is 1. The predicted molar refractivity (Wildman–Crippen MR) is 137 cm³/mol. The largest absolute Gasteiger partial charge is 0.505 e. The number of carbonyl (C=O) groups excluding carboxylic acids is 3. The molecule has 1 unspecified atom stereocenters. The van der Waals surface area contributed by atoms with E-state index in [9.17, 15) is 19.5 Å². The number of thiazole rings is 1. The Morgan fingerprint density at radius 1 is 1.08 bits per heavy atom. The van der Waals surface area contributed by atoms with Crippen molar-refractivity contribution in [1.82, 2.24) is 14.4 Å². The fourth-order valence-electron chi connectivity index (χ4n) is 4.28. The molecule has 1 atom stereocenters. The highest BCUT2D eigenvalue weighted by atomic mass is 79.9. The molecule has 4 heterocycles. The molecule has 1 N–H and O–H groups in total. The average molecular weight is 567 g/mol. The number of aryl methyl sites for hydroxylation is 2. The average Bonchev–Trinajstić information content (AvgIpc) is 3.49. The van der Waals surface area contributed by atoms with Crippen molar-refractivity contribution in [2.45, 2.75) is 19.9 Å². The molecule has 1 fully saturated rings. The van der Waals surface area contributed by atoms with Gasteiger partial charge in [-0.15, -0.1) is 0 Å². The summed E-state index contributed by atoms with van der Waals surface area (Å²) in [6.45, 7) is 3.35. The zero-order valence-electron chi connectivity index (χ0n) is 19.4. The number of hydrogen-bond donors (Lipinski definition) is 1. The summed E-state index contributed by atoms with van der Waals surface area (Å²) < 4.78 is 7.30. The van der Waals surface area contributed by atoms with Crippen LogP contribution in [0, 0.1) is 13.8 Å².